The van der Waals surface area contributed by atoms with Crippen LogP contribution >= 0.6 is 0 Å². The number of benzene rings is 2. The summed E-state index contributed by atoms with van der Waals surface area (Å²) in [5.74, 6) is 6.70. The average molecular weight is 485 g/mol. The van der Waals surface area contributed by atoms with Crippen molar-refractivity contribution in [1.29, 1.82) is 0 Å². The Morgan fingerprint density at radius 1 is 1.03 bits per heavy atom. The zero-order valence-electron chi connectivity index (χ0n) is 19.7. The first-order valence-corrected chi connectivity index (χ1v) is 13.0. The van der Waals surface area contributed by atoms with Crippen LogP contribution in [0.3, 0.4) is 0 Å². The number of hydrogen-bond donors (Lipinski definition) is 1. The topological polar surface area (TPSA) is 79.3 Å². The van der Waals surface area contributed by atoms with Crippen LogP contribution in [0.1, 0.15) is 29.9 Å². The van der Waals surface area contributed by atoms with Gasteiger partial charge in [-0.25, -0.2) is 8.42 Å². The van der Waals surface area contributed by atoms with Gasteiger partial charge in [0, 0.05) is 43.8 Å². The van der Waals surface area contributed by atoms with Crippen LogP contribution in [0.5, 0.6) is 5.75 Å². The van der Waals surface area contributed by atoms with Crippen molar-refractivity contribution < 1.29 is 23.0 Å². The van der Waals surface area contributed by atoms with Crippen LogP contribution in [0.25, 0.3) is 0 Å². The molecule has 2 aromatic carbocycles. The molecular weight excluding hydrogens is 452 g/mol. The summed E-state index contributed by atoms with van der Waals surface area (Å²) in [4.78, 5) is 2.54. The minimum absolute atomic E-state index is 0.0101. The van der Waals surface area contributed by atoms with E-state index in [1.165, 1.54) is 0 Å². The van der Waals surface area contributed by atoms with Gasteiger partial charge >= 0.3 is 0 Å². The lowest BCUT2D eigenvalue weighted by Crippen LogP contribution is -2.67. The first kappa shape index (κ1) is 24.7. The summed E-state index contributed by atoms with van der Waals surface area (Å²) in [5, 5.41) is 10.1. The van der Waals surface area contributed by atoms with Gasteiger partial charge in [0.05, 0.1) is 18.6 Å². The summed E-state index contributed by atoms with van der Waals surface area (Å²) in [6.07, 6.45) is 1.68. The molecule has 0 aromatic heterocycles. The van der Waals surface area contributed by atoms with Crippen molar-refractivity contribution in [3.05, 3.63) is 59.7 Å². The van der Waals surface area contributed by atoms with Crippen molar-refractivity contribution in [3.63, 3.8) is 0 Å². The maximum absolute atomic E-state index is 13.5. The lowest BCUT2D eigenvalue weighted by Gasteiger charge is -2.57. The van der Waals surface area contributed by atoms with Gasteiger partial charge in [0.15, 0.2) is 0 Å². The van der Waals surface area contributed by atoms with Gasteiger partial charge < -0.3 is 14.6 Å². The standard InChI is InChI=1S/C26H32N2O5S/c1-32-17-5-6-20-7-9-21(10-8-20)26-24-18-27(15-3-4-16-28(24)25(26)19-29)34(30,31)23-13-11-22(33-2)12-14-23/h7-14,24-26,29H,3-4,15-19H2,1-2H3/t24-,25-,26-/m1/s1. The summed E-state index contributed by atoms with van der Waals surface area (Å²) in [7, 11) is -0.468. The molecule has 2 aliphatic rings. The number of rotatable bonds is 6. The quantitative estimate of drug-likeness (QED) is 0.634. The van der Waals surface area contributed by atoms with Gasteiger partial charge in [0.1, 0.15) is 12.4 Å². The molecule has 2 aromatic rings. The zero-order chi connectivity index (χ0) is 24.1. The van der Waals surface area contributed by atoms with Crippen molar-refractivity contribution in [1.82, 2.24) is 9.21 Å². The molecule has 2 heterocycles. The van der Waals surface area contributed by atoms with Crippen LogP contribution in [0.15, 0.2) is 53.4 Å². The maximum atomic E-state index is 13.5. The Balaban J connectivity index is 1.58. The molecule has 0 aliphatic carbocycles. The predicted octanol–water partition coefficient (Wildman–Crippen LogP) is 2.31. The normalized spacial score (nSPS) is 23.6. The number of methoxy groups -OCH3 is 2. The van der Waals surface area contributed by atoms with E-state index in [-0.39, 0.29) is 29.5 Å². The molecule has 0 unspecified atom stereocenters. The van der Waals surface area contributed by atoms with Gasteiger partial charge in [0.25, 0.3) is 0 Å². The fourth-order valence-electron chi connectivity index (χ4n) is 5.02. The highest BCUT2D eigenvalue weighted by molar-refractivity contribution is 7.89. The van der Waals surface area contributed by atoms with Gasteiger partial charge in [-0.3, -0.25) is 4.90 Å². The monoisotopic (exact) mass is 484 g/mol. The van der Waals surface area contributed by atoms with Crippen molar-refractivity contribution in [2.45, 2.75) is 35.7 Å². The largest absolute Gasteiger partial charge is 0.497 e. The van der Waals surface area contributed by atoms with E-state index in [2.05, 4.69) is 16.7 Å². The first-order chi connectivity index (χ1) is 16.5. The highest BCUT2D eigenvalue weighted by Gasteiger charge is 2.50. The Kier molecular flexibility index (Phi) is 7.91. The van der Waals surface area contributed by atoms with E-state index < -0.39 is 10.0 Å². The molecule has 2 saturated heterocycles. The summed E-state index contributed by atoms with van der Waals surface area (Å²) in [6.45, 7) is 2.17. The third-order valence-electron chi connectivity index (χ3n) is 6.77. The van der Waals surface area contributed by atoms with E-state index in [4.69, 9.17) is 9.47 Å². The second kappa shape index (κ2) is 10.9. The van der Waals surface area contributed by atoms with E-state index in [1.807, 2.05) is 24.3 Å². The number of aliphatic hydroxyl groups is 1. The number of aliphatic hydroxyl groups excluding tert-OH is 1. The third-order valence-corrected chi connectivity index (χ3v) is 8.65. The molecular formula is C26H32N2O5S. The molecule has 1 N–H and O–H groups in total. The molecule has 4 rings (SSSR count). The molecule has 0 saturated carbocycles. The molecule has 0 amide bonds. The van der Waals surface area contributed by atoms with Gasteiger partial charge in [0.2, 0.25) is 10.0 Å². The molecule has 0 radical (unpaired) electrons. The van der Waals surface area contributed by atoms with E-state index in [0.717, 1.165) is 30.5 Å². The van der Waals surface area contributed by atoms with Gasteiger partial charge in [-0.05, 0) is 61.3 Å². The Hall–Kier alpha value is -2.41. The lowest BCUT2D eigenvalue weighted by molar-refractivity contribution is -0.0553. The van der Waals surface area contributed by atoms with E-state index in [1.54, 1.807) is 42.8 Å². The molecule has 7 nitrogen and oxygen atoms in total. The van der Waals surface area contributed by atoms with E-state index in [0.29, 0.717) is 25.4 Å². The van der Waals surface area contributed by atoms with Crippen molar-refractivity contribution in [2.24, 2.45) is 0 Å². The highest BCUT2D eigenvalue weighted by Crippen LogP contribution is 2.42. The number of fused-ring (bicyclic) bond motifs is 1. The van der Waals surface area contributed by atoms with Crippen molar-refractivity contribution in [2.75, 3.05) is 47.1 Å². The number of nitrogens with zero attached hydrogens (tertiary/aromatic N) is 2. The smallest absolute Gasteiger partial charge is 0.243 e. The Morgan fingerprint density at radius 2 is 1.74 bits per heavy atom. The predicted molar refractivity (Wildman–Crippen MR) is 130 cm³/mol. The summed E-state index contributed by atoms with van der Waals surface area (Å²) in [6, 6.07) is 14.6. The minimum atomic E-state index is -3.64. The van der Waals surface area contributed by atoms with Crippen LogP contribution in [0, 0.1) is 11.8 Å². The van der Waals surface area contributed by atoms with Gasteiger partial charge in [-0.1, -0.05) is 24.0 Å². The molecule has 0 spiro atoms. The summed E-state index contributed by atoms with van der Waals surface area (Å²) in [5.41, 5.74) is 2.00. The Morgan fingerprint density at radius 3 is 2.38 bits per heavy atom. The number of hydrogen-bond acceptors (Lipinski definition) is 6. The second-order valence-electron chi connectivity index (χ2n) is 8.68. The Labute approximate surface area is 202 Å². The van der Waals surface area contributed by atoms with Crippen LogP contribution in [-0.2, 0) is 14.8 Å². The van der Waals surface area contributed by atoms with Crippen LogP contribution in [-0.4, -0.2) is 81.9 Å². The first-order valence-electron chi connectivity index (χ1n) is 11.6. The van der Waals surface area contributed by atoms with Gasteiger partial charge in [-0.2, -0.15) is 4.31 Å². The summed E-state index contributed by atoms with van der Waals surface area (Å²) < 4.78 is 38.7. The summed E-state index contributed by atoms with van der Waals surface area (Å²) >= 11 is 0. The molecule has 2 aliphatic heterocycles. The molecule has 0 bridgehead atoms. The van der Waals surface area contributed by atoms with Crippen molar-refractivity contribution in [3.8, 4) is 17.6 Å². The third kappa shape index (κ3) is 4.99. The second-order valence-corrected chi connectivity index (χ2v) is 10.6. The maximum Gasteiger partial charge on any atom is 0.243 e. The van der Waals surface area contributed by atoms with Crippen LogP contribution < -0.4 is 4.74 Å². The molecule has 2 fully saturated rings. The minimum Gasteiger partial charge on any atom is -0.497 e. The highest BCUT2D eigenvalue weighted by atomic mass is 32.2. The Bertz CT molecular complexity index is 1120. The number of sulfonamides is 1. The molecule has 34 heavy (non-hydrogen) atoms. The van der Waals surface area contributed by atoms with Crippen molar-refractivity contribution >= 4 is 10.0 Å². The fourth-order valence-corrected chi connectivity index (χ4v) is 6.52. The van der Waals surface area contributed by atoms with Crippen LogP contribution in [0.2, 0.25) is 0 Å². The number of ether oxygens (including phenoxy) is 2. The molecule has 3 atom stereocenters. The molecule has 8 heteroatoms. The van der Waals surface area contributed by atoms with Crippen LogP contribution in [0.4, 0.5) is 0 Å². The van der Waals surface area contributed by atoms with Gasteiger partial charge in [-0.15, -0.1) is 0 Å². The molecule has 182 valence electrons. The average Bonchev–Trinajstić information content (AvgIpc) is 2.84. The SMILES string of the molecule is COCC#Cc1ccc([C@H]2[C@@H](CO)N3CCCCN(S(=O)(=O)c4ccc(OC)cc4)C[C@H]23)cc1. The fraction of sp³-hybridized carbons (Fsp3) is 0.462. The zero-order valence-corrected chi connectivity index (χ0v) is 20.5. The lowest BCUT2D eigenvalue weighted by atomic mass is 9.74. The van der Waals surface area contributed by atoms with E-state index in [9.17, 15) is 13.5 Å². The van der Waals surface area contributed by atoms with E-state index >= 15 is 0 Å².